The van der Waals surface area contributed by atoms with Crippen LogP contribution in [0.15, 0.2) is 49.1 Å². The predicted octanol–water partition coefficient (Wildman–Crippen LogP) is -1.50. The maximum absolute atomic E-state index is 12.0. The van der Waals surface area contributed by atoms with E-state index in [-0.39, 0.29) is 18.8 Å². The molecule has 0 spiro atoms. The molecule has 0 aromatic carbocycles. The van der Waals surface area contributed by atoms with Crippen LogP contribution in [0.5, 0.6) is 0 Å². The topological polar surface area (TPSA) is 180 Å². The molecule has 2 unspecified atom stereocenters. The van der Waals surface area contributed by atoms with E-state index in [2.05, 4.69) is 25.9 Å². The Balaban J connectivity index is 0.000000619. The number of nitrogens with zero attached hydrogens (tertiary/aromatic N) is 3. The fourth-order valence-electron chi connectivity index (χ4n) is 2.78. The summed E-state index contributed by atoms with van der Waals surface area (Å²) in [7, 11) is 6.85. The maximum atomic E-state index is 12.0. The molecule has 2 aromatic rings. The number of rotatable bonds is 15. The van der Waals surface area contributed by atoms with Crippen LogP contribution in [-0.4, -0.2) is 106 Å². The van der Waals surface area contributed by atoms with Gasteiger partial charge in [0.25, 0.3) is 0 Å². The van der Waals surface area contributed by atoms with Crippen molar-refractivity contribution in [2.24, 2.45) is 0 Å². The summed E-state index contributed by atoms with van der Waals surface area (Å²) in [5.41, 5.74) is 1.74. The fraction of sp³-hybridized carbons (Fsp3) is 0.455. The number of carbonyl (C=O) groups is 2. The number of aliphatic carboxylic acids is 1. The molecule has 2 atom stereocenters. The molecule has 13 nitrogen and oxygen atoms in total. The summed E-state index contributed by atoms with van der Waals surface area (Å²) in [5.74, 6) is -1.20. The van der Waals surface area contributed by atoms with Crippen LogP contribution in [0.25, 0.3) is 0 Å². The molecule has 2 heterocycles. The molecular weight excluding hydrogens is 493 g/mol. The van der Waals surface area contributed by atoms with E-state index in [0.29, 0.717) is 26.4 Å². The quantitative estimate of drug-likeness (QED) is 0.156. The van der Waals surface area contributed by atoms with Crippen molar-refractivity contribution in [3.05, 3.63) is 60.2 Å². The van der Waals surface area contributed by atoms with Crippen molar-refractivity contribution < 1.29 is 33.6 Å². The molecule has 1 amide bonds. The Morgan fingerprint density at radius 1 is 0.921 bits per heavy atom. The first-order valence-corrected chi connectivity index (χ1v) is 11.6. The van der Waals surface area contributed by atoms with E-state index in [1.54, 1.807) is 50.0 Å². The Morgan fingerprint density at radius 2 is 1.39 bits per heavy atom. The number of likely N-dealkylation sites (N-methyl/N-ethyl adjacent to an activating group) is 1. The van der Waals surface area contributed by atoms with E-state index in [9.17, 15) is 23.7 Å². The molecule has 38 heavy (non-hydrogen) atoms. The Morgan fingerprint density at radius 3 is 1.74 bits per heavy atom. The van der Waals surface area contributed by atoms with Crippen LogP contribution in [0.2, 0.25) is 0 Å². The van der Waals surface area contributed by atoms with Gasteiger partial charge in [0.15, 0.2) is 0 Å². The summed E-state index contributed by atoms with van der Waals surface area (Å²) in [6.07, 6.45) is 7.98. The van der Waals surface area contributed by atoms with Gasteiger partial charge in [0.1, 0.15) is 0 Å². The minimum atomic E-state index is -0.972. The molecule has 16 heteroatoms. The third kappa shape index (κ3) is 16.4. The number of amides is 1. The van der Waals surface area contributed by atoms with Crippen molar-refractivity contribution >= 4 is 33.3 Å². The Hall–Kier alpha value is -3.33. The van der Waals surface area contributed by atoms with Gasteiger partial charge in [-0.25, -0.2) is 0 Å². The first-order chi connectivity index (χ1) is 18.3. The molecule has 0 aliphatic heterocycles. The number of carbonyl (C=O) groups excluding carboxylic acids is 1. The molecule has 0 fully saturated rings. The second-order valence-electron chi connectivity index (χ2n) is 7.47. The van der Waals surface area contributed by atoms with Crippen molar-refractivity contribution in [2.75, 3.05) is 40.5 Å². The fourth-order valence-corrected chi connectivity index (χ4v) is 2.78. The molecule has 0 bridgehead atoms. The summed E-state index contributed by atoms with van der Waals surface area (Å²) in [4.78, 5) is 35.5. The van der Waals surface area contributed by atoms with E-state index >= 15 is 0 Å². The molecular formula is C22H33B3N6O7. The number of pyridine rings is 2. The zero-order chi connectivity index (χ0) is 28.6. The molecule has 0 aliphatic rings. The van der Waals surface area contributed by atoms with Crippen LogP contribution in [0.1, 0.15) is 11.1 Å². The Bertz CT molecular complexity index is 948. The van der Waals surface area contributed by atoms with Crippen molar-refractivity contribution in [1.29, 1.82) is 0 Å². The van der Waals surface area contributed by atoms with Gasteiger partial charge >= 0.3 is 224 Å². The van der Waals surface area contributed by atoms with E-state index < -0.39 is 18.1 Å². The number of nitrogens with one attached hydrogen (secondary N) is 3. The SMILES string of the molecule is CNCB=O.CON(C)C(=O)C(Cc1cccnc1)NCB=O.O=BCNC(Cc1cccnc1)C(=O)O. The van der Waals surface area contributed by atoms with Gasteiger partial charge in [-0.15, -0.1) is 0 Å². The van der Waals surface area contributed by atoms with Crippen molar-refractivity contribution in [3.8, 4) is 0 Å². The van der Waals surface area contributed by atoms with E-state index in [1.165, 1.54) is 14.2 Å². The van der Waals surface area contributed by atoms with Crippen molar-refractivity contribution in [3.63, 3.8) is 0 Å². The van der Waals surface area contributed by atoms with E-state index in [0.717, 1.165) is 30.5 Å². The van der Waals surface area contributed by atoms with Gasteiger partial charge in [-0.1, -0.05) is 0 Å². The van der Waals surface area contributed by atoms with Crippen LogP contribution in [0.3, 0.4) is 0 Å². The van der Waals surface area contributed by atoms with Gasteiger partial charge in [0.2, 0.25) is 0 Å². The number of hydrogen-bond acceptors (Lipinski definition) is 11. The monoisotopic (exact) mass is 526 g/mol. The number of aromatic nitrogens is 2. The third-order valence-corrected chi connectivity index (χ3v) is 4.69. The number of hydrogen-bond donors (Lipinski definition) is 4. The Kier molecular flexibility index (Phi) is 20.8. The number of hydroxylamine groups is 2. The van der Waals surface area contributed by atoms with E-state index in [1.807, 2.05) is 6.07 Å². The molecule has 2 rings (SSSR count). The average Bonchev–Trinajstić information content (AvgIpc) is 2.94. The zero-order valence-corrected chi connectivity index (χ0v) is 21.8. The standard InChI is InChI=1S/C11H16BN3O3.C9H11BN2O3.C2H6BNO/c1-15(18-2)11(16)10(14-8-12-17)6-9-4-3-5-13-7-9;13-9(14)8(12-6-10-15)4-7-2-1-3-11-5-7;1-4-2-3-5/h3-5,7,10,14H,6,8H2,1-2H3;1-3,5,8,12H,4,6H2,(H,13,14);4H,2H2,1H3. The first-order valence-electron chi connectivity index (χ1n) is 11.6. The summed E-state index contributed by atoms with van der Waals surface area (Å²) in [5, 5.41) is 18.1. The third-order valence-electron chi connectivity index (χ3n) is 4.69. The van der Waals surface area contributed by atoms with Crippen LogP contribution in [-0.2, 0) is 41.4 Å². The van der Waals surface area contributed by atoms with E-state index in [4.69, 9.17) is 9.94 Å². The second-order valence-corrected chi connectivity index (χ2v) is 7.47. The number of carboxylic acid groups (broad SMARTS) is 1. The molecule has 4 N–H and O–H groups in total. The van der Waals surface area contributed by atoms with Crippen LogP contribution >= 0.6 is 0 Å². The molecule has 0 aliphatic carbocycles. The van der Waals surface area contributed by atoms with Gasteiger partial charge in [-0.05, 0) is 0 Å². The zero-order valence-electron chi connectivity index (χ0n) is 21.8. The summed E-state index contributed by atoms with van der Waals surface area (Å²) < 4.78 is 29.9. The molecule has 202 valence electrons. The van der Waals surface area contributed by atoms with Crippen LogP contribution in [0.4, 0.5) is 0 Å². The van der Waals surface area contributed by atoms with Crippen LogP contribution in [0, 0.1) is 0 Å². The van der Waals surface area contributed by atoms with Gasteiger partial charge in [0.05, 0.1) is 0 Å². The van der Waals surface area contributed by atoms with Crippen molar-refractivity contribution in [2.45, 2.75) is 24.9 Å². The number of carboxylic acids is 1. The van der Waals surface area contributed by atoms with Crippen molar-refractivity contribution in [1.82, 2.24) is 31.0 Å². The second kappa shape index (κ2) is 22.8. The van der Waals surface area contributed by atoms with Gasteiger partial charge in [-0.2, -0.15) is 0 Å². The molecule has 0 radical (unpaired) electrons. The first kappa shape index (κ1) is 34.7. The molecule has 0 saturated heterocycles. The predicted molar refractivity (Wildman–Crippen MR) is 140 cm³/mol. The van der Waals surface area contributed by atoms with Gasteiger partial charge in [-0.3, -0.25) is 0 Å². The van der Waals surface area contributed by atoms with Gasteiger partial charge < -0.3 is 0 Å². The minimum absolute atomic E-state index is 0.0389. The Labute approximate surface area is 223 Å². The normalized spacial score (nSPS) is 11.0. The van der Waals surface area contributed by atoms with Gasteiger partial charge in [0, 0.05) is 0 Å². The summed E-state index contributed by atoms with van der Waals surface area (Å²) >= 11 is 0. The van der Waals surface area contributed by atoms with Crippen LogP contribution < -0.4 is 16.0 Å². The molecule has 0 saturated carbocycles. The summed E-state index contributed by atoms with van der Waals surface area (Å²) in [6.45, 7) is 0. The average molecular weight is 526 g/mol. The molecule has 2 aromatic heterocycles. The summed E-state index contributed by atoms with van der Waals surface area (Å²) in [6, 6.07) is 5.96.